The van der Waals surface area contributed by atoms with Gasteiger partial charge in [-0.25, -0.2) is 4.98 Å². The number of esters is 1. The molecule has 6 heteroatoms. The number of nitrogen functional groups attached to an aromatic ring is 1. The summed E-state index contributed by atoms with van der Waals surface area (Å²) in [5, 5.41) is 2.24. The molecule has 0 aromatic carbocycles. The molecule has 80 valence electrons. The van der Waals surface area contributed by atoms with E-state index >= 15 is 0 Å². The quantitative estimate of drug-likeness (QED) is 0.811. The van der Waals surface area contributed by atoms with Gasteiger partial charge in [-0.2, -0.15) is 0 Å². The molecule has 14 heavy (non-hydrogen) atoms. The molecular formula is C8H13ClN2O2S. The van der Waals surface area contributed by atoms with Crippen LogP contribution in [0.25, 0.3) is 0 Å². The maximum atomic E-state index is 11.1. The number of nitrogens with two attached hydrogens (primary N) is 1. The first-order chi connectivity index (χ1) is 6.08. The summed E-state index contributed by atoms with van der Waals surface area (Å²) in [7, 11) is 0. The molecule has 0 atom stereocenters. The number of carbonyl (C=O) groups is 1. The van der Waals surface area contributed by atoms with Gasteiger partial charge >= 0.3 is 5.97 Å². The van der Waals surface area contributed by atoms with Crippen molar-refractivity contribution in [1.29, 1.82) is 0 Å². The first-order valence-electron chi connectivity index (χ1n) is 3.97. The van der Waals surface area contributed by atoms with Crippen molar-refractivity contribution in [3.63, 3.8) is 0 Å². The second-order valence-electron chi connectivity index (χ2n) is 2.89. The van der Waals surface area contributed by atoms with Gasteiger partial charge in [0.15, 0.2) is 5.13 Å². The molecule has 4 nitrogen and oxygen atoms in total. The highest BCUT2D eigenvalue weighted by atomic mass is 35.5. The summed E-state index contributed by atoms with van der Waals surface area (Å²) in [5.41, 5.74) is 6.09. The fraction of sp³-hybridized carbons (Fsp3) is 0.500. The van der Waals surface area contributed by atoms with Crippen LogP contribution < -0.4 is 5.73 Å². The van der Waals surface area contributed by atoms with E-state index in [1.165, 1.54) is 11.3 Å². The standard InChI is InChI=1S/C8H12N2O2S.ClH/c1-5(2)12-7(11)3-6-4-13-8(9)10-6;/h4-5H,3H2,1-2H3,(H2,9,10);1H. The third-order valence-corrected chi connectivity index (χ3v) is 1.98. The molecule has 1 aromatic heterocycles. The van der Waals surface area contributed by atoms with E-state index in [2.05, 4.69) is 4.98 Å². The minimum Gasteiger partial charge on any atom is -0.463 e. The van der Waals surface area contributed by atoms with E-state index in [4.69, 9.17) is 10.5 Å². The molecule has 0 aliphatic carbocycles. The Kier molecular flexibility index (Phi) is 5.49. The Bertz CT molecular complexity index is 301. The summed E-state index contributed by atoms with van der Waals surface area (Å²) in [6.45, 7) is 3.63. The van der Waals surface area contributed by atoms with Gasteiger partial charge in [-0.1, -0.05) is 0 Å². The van der Waals surface area contributed by atoms with Crippen molar-refractivity contribution in [3.8, 4) is 0 Å². The Morgan fingerprint density at radius 2 is 2.36 bits per heavy atom. The topological polar surface area (TPSA) is 65.2 Å². The zero-order valence-electron chi connectivity index (χ0n) is 8.02. The van der Waals surface area contributed by atoms with Crippen LogP contribution in [-0.2, 0) is 16.0 Å². The molecule has 0 bridgehead atoms. The lowest BCUT2D eigenvalue weighted by Crippen LogP contribution is -2.13. The van der Waals surface area contributed by atoms with E-state index in [0.29, 0.717) is 10.8 Å². The number of hydrogen-bond donors (Lipinski definition) is 1. The van der Waals surface area contributed by atoms with Gasteiger partial charge in [0.25, 0.3) is 0 Å². The molecule has 0 aliphatic rings. The second-order valence-corrected chi connectivity index (χ2v) is 3.78. The van der Waals surface area contributed by atoms with Crippen molar-refractivity contribution in [2.24, 2.45) is 0 Å². The van der Waals surface area contributed by atoms with Gasteiger partial charge in [0.2, 0.25) is 0 Å². The number of nitrogens with zero attached hydrogens (tertiary/aromatic N) is 1. The number of rotatable bonds is 3. The number of anilines is 1. The van der Waals surface area contributed by atoms with Crippen molar-refractivity contribution >= 4 is 34.8 Å². The van der Waals surface area contributed by atoms with E-state index in [9.17, 15) is 4.79 Å². The Labute approximate surface area is 92.9 Å². The van der Waals surface area contributed by atoms with Crippen LogP contribution in [0.2, 0.25) is 0 Å². The van der Waals surface area contributed by atoms with Gasteiger partial charge in [0, 0.05) is 5.38 Å². The number of ether oxygens (including phenoxy) is 1. The van der Waals surface area contributed by atoms with Crippen LogP contribution >= 0.6 is 23.7 Å². The molecule has 2 N–H and O–H groups in total. The lowest BCUT2D eigenvalue weighted by Gasteiger charge is -2.05. The minimum atomic E-state index is -0.264. The van der Waals surface area contributed by atoms with E-state index in [1.807, 2.05) is 13.8 Å². The summed E-state index contributed by atoms with van der Waals surface area (Å²) in [6.07, 6.45) is 0.120. The van der Waals surface area contributed by atoms with Gasteiger partial charge in [-0.15, -0.1) is 23.7 Å². The van der Waals surface area contributed by atoms with Crippen LogP contribution in [-0.4, -0.2) is 17.1 Å². The molecule has 0 saturated heterocycles. The highest BCUT2D eigenvalue weighted by Gasteiger charge is 2.08. The largest absolute Gasteiger partial charge is 0.463 e. The molecule has 0 aliphatic heterocycles. The minimum absolute atomic E-state index is 0. The number of aromatic nitrogens is 1. The van der Waals surface area contributed by atoms with Crippen LogP contribution in [0, 0.1) is 0 Å². The molecule has 0 spiro atoms. The van der Waals surface area contributed by atoms with Gasteiger partial charge in [-0.05, 0) is 13.8 Å². The third kappa shape index (κ3) is 4.43. The van der Waals surface area contributed by atoms with Crippen LogP contribution in [0.15, 0.2) is 5.38 Å². The number of hydrogen-bond acceptors (Lipinski definition) is 5. The molecule has 0 fully saturated rings. The maximum absolute atomic E-state index is 11.1. The van der Waals surface area contributed by atoms with E-state index in [-0.39, 0.29) is 30.9 Å². The van der Waals surface area contributed by atoms with Crippen molar-refractivity contribution in [2.45, 2.75) is 26.4 Å². The Morgan fingerprint density at radius 1 is 1.71 bits per heavy atom. The van der Waals surface area contributed by atoms with Crippen molar-refractivity contribution < 1.29 is 9.53 Å². The molecule has 0 amide bonds. The maximum Gasteiger partial charge on any atom is 0.312 e. The zero-order chi connectivity index (χ0) is 9.84. The van der Waals surface area contributed by atoms with Crippen LogP contribution in [0.5, 0.6) is 0 Å². The average Bonchev–Trinajstić information content (AvgIpc) is 2.33. The van der Waals surface area contributed by atoms with Gasteiger partial charge in [0.1, 0.15) is 0 Å². The van der Waals surface area contributed by atoms with Crippen LogP contribution in [0.3, 0.4) is 0 Å². The molecule has 0 saturated carbocycles. The fourth-order valence-electron chi connectivity index (χ4n) is 0.856. The first-order valence-corrected chi connectivity index (χ1v) is 4.85. The predicted molar refractivity (Wildman–Crippen MR) is 58.7 cm³/mol. The molecular weight excluding hydrogens is 224 g/mol. The molecule has 0 unspecified atom stereocenters. The van der Waals surface area contributed by atoms with Crippen molar-refractivity contribution in [3.05, 3.63) is 11.1 Å². The molecule has 1 rings (SSSR count). The van der Waals surface area contributed by atoms with Crippen molar-refractivity contribution in [2.75, 3.05) is 5.73 Å². The van der Waals surface area contributed by atoms with E-state index < -0.39 is 0 Å². The van der Waals surface area contributed by atoms with Gasteiger partial charge in [-0.3, -0.25) is 4.79 Å². The lowest BCUT2D eigenvalue weighted by molar-refractivity contribution is -0.146. The second kappa shape index (κ2) is 5.82. The van der Waals surface area contributed by atoms with E-state index in [1.54, 1.807) is 5.38 Å². The summed E-state index contributed by atoms with van der Waals surface area (Å²) >= 11 is 1.32. The number of carbonyl (C=O) groups excluding carboxylic acids is 1. The first kappa shape index (κ1) is 13.2. The highest BCUT2D eigenvalue weighted by Crippen LogP contribution is 2.11. The molecule has 0 radical (unpaired) electrons. The van der Waals surface area contributed by atoms with Crippen molar-refractivity contribution in [1.82, 2.24) is 4.98 Å². The Morgan fingerprint density at radius 3 is 2.79 bits per heavy atom. The SMILES string of the molecule is CC(C)OC(=O)Cc1csc(N)n1.Cl. The predicted octanol–water partition coefficient (Wildman–Crippen LogP) is 1.64. The van der Waals surface area contributed by atoms with E-state index in [0.717, 1.165) is 0 Å². The monoisotopic (exact) mass is 236 g/mol. The smallest absolute Gasteiger partial charge is 0.312 e. The number of halogens is 1. The Hall–Kier alpha value is -0.810. The number of thiazole rings is 1. The summed E-state index contributed by atoms with van der Waals surface area (Å²) in [6, 6.07) is 0. The van der Waals surface area contributed by atoms with Gasteiger partial charge < -0.3 is 10.5 Å². The highest BCUT2D eigenvalue weighted by molar-refractivity contribution is 7.13. The summed E-state index contributed by atoms with van der Waals surface area (Å²) < 4.78 is 4.95. The van der Waals surface area contributed by atoms with Crippen LogP contribution in [0.1, 0.15) is 19.5 Å². The summed E-state index contributed by atoms with van der Waals surface area (Å²) in [5.74, 6) is -0.264. The molecule has 1 heterocycles. The summed E-state index contributed by atoms with van der Waals surface area (Å²) in [4.78, 5) is 15.1. The Balaban J connectivity index is 0.00000169. The molecule has 1 aromatic rings. The average molecular weight is 237 g/mol. The zero-order valence-corrected chi connectivity index (χ0v) is 9.65. The van der Waals surface area contributed by atoms with Crippen LogP contribution in [0.4, 0.5) is 5.13 Å². The normalized spacial score (nSPS) is 9.64. The lowest BCUT2D eigenvalue weighted by atomic mass is 10.3. The van der Waals surface area contributed by atoms with Gasteiger partial charge in [0.05, 0.1) is 18.2 Å². The third-order valence-electron chi connectivity index (χ3n) is 1.26. The fourth-order valence-corrected chi connectivity index (χ4v) is 1.42.